The molecule has 2 aromatic carbocycles. The summed E-state index contributed by atoms with van der Waals surface area (Å²) in [5.74, 6) is -0.613. The zero-order valence-electron chi connectivity index (χ0n) is 16.7. The molecule has 0 radical (unpaired) electrons. The quantitative estimate of drug-likeness (QED) is 0.563. The predicted molar refractivity (Wildman–Crippen MR) is 111 cm³/mol. The van der Waals surface area contributed by atoms with E-state index in [1.807, 2.05) is 60.7 Å². The standard InChI is InChI=1S/C24H24N2O3/c1-3-29-24(28)21-14-15-22(25-18(21)2)23(27)26(16-19-10-6-4-7-11-19)17-20-12-8-5-9-13-20/h4-15H,3,16-17H2,1-2H3. The number of hydrogen-bond donors (Lipinski definition) is 0. The first-order valence-corrected chi connectivity index (χ1v) is 9.60. The van der Waals surface area contributed by atoms with Crippen LogP contribution in [0.5, 0.6) is 0 Å². The summed E-state index contributed by atoms with van der Waals surface area (Å²) in [6.45, 7) is 4.69. The molecule has 0 aliphatic carbocycles. The highest BCUT2D eigenvalue weighted by atomic mass is 16.5. The Kier molecular flexibility index (Phi) is 6.74. The van der Waals surface area contributed by atoms with Crippen LogP contribution in [0.3, 0.4) is 0 Å². The SMILES string of the molecule is CCOC(=O)c1ccc(C(=O)N(Cc2ccccc2)Cc2ccccc2)nc1C. The van der Waals surface area contributed by atoms with E-state index in [0.717, 1.165) is 11.1 Å². The average molecular weight is 388 g/mol. The van der Waals surface area contributed by atoms with Gasteiger partial charge in [0.25, 0.3) is 5.91 Å². The van der Waals surface area contributed by atoms with Crippen LogP contribution < -0.4 is 0 Å². The zero-order chi connectivity index (χ0) is 20.6. The summed E-state index contributed by atoms with van der Waals surface area (Å²) in [5, 5.41) is 0. The maximum absolute atomic E-state index is 13.3. The topological polar surface area (TPSA) is 59.5 Å². The molecule has 5 nitrogen and oxygen atoms in total. The molecule has 0 bridgehead atoms. The Morgan fingerprint density at radius 1 is 0.862 bits per heavy atom. The van der Waals surface area contributed by atoms with Gasteiger partial charge in [0.15, 0.2) is 0 Å². The highest BCUT2D eigenvalue weighted by Crippen LogP contribution is 2.15. The lowest BCUT2D eigenvalue weighted by atomic mass is 10.1. The van der Waals surface area contributed by atoms with Crippen LogP contribution in [-0.4, -0.2) is 28.4 Å². The monoisotopic (exact) mass is 388 g/mol. The van der Waals surface area contributed by atoms with Crippen molar-refractivity contribution in [2.24, 2.45) is 0 Å². The highest BCUT2D eigenvalue weighted by molar-refractivity contribution is 5.95. The lowest BCUT2D eigenvalue weighted by Crippen LogP contribution is -2.31. The van der Waals surface area contributed by atoms with E-state index < -0.39 is 5.97 Å². The van der Waals surface area contributed by atoms with Gasteiger partial charge in [-0.3, -0.25) is 4.79 Å². The van der Waals surface area contributed by atoms with Gasteiger partial charge in [0.1, 0.15) is 5.69 Å². The smallest absolute Gasteiger partial charge is 0.339 e. The molecule has 3 rings (SSSR count). The minimum atomic E-state index is -0.429. The third-order valence-corrected chi connectivity index (χ3v) is 4.52. The largest absolute Gasteiger partial charge is 0.462 e. The maximum atomic E-state index is 13.3. The van der Waals surface area contributed by atoms with Crippen LogP contribution in [0.2, 0.25) is 0 Å². The second-order valence-corrected chi connectivity index (χ2v) is 6.68. The number of amides is 1. The third-order valence-electron chi connectivity index (χ3n) is 4.52. The summed E-state index contributed by atoms with van der Waals surface area (Å²) in [7, 11) is 0. The van der Waals surface area contributed by atoms with Crippen LogP contribution in [-0.2, 0) is 17.8 Å². The molecule has 0 spiro atoms. The first-order valence-electron chi connectivity index (χ1n) is 9.60. The van der Waals surface area contributed by atoms with Crippen LogP contribution in [0.25, 0.3) is 0 Å². The van der Waals surface area contributed by atoms with Gasteiger partial charge in [-0.2, -0.15) is 0 Å². The van der Waals surface area contributed by atoms with Gasteiger partial charge in [0.05, 0.1) is 17.9 Å². The fourth-order valence-electron chi connectivity index (χ4n) is 3.07. The molecule has 0 fully saturated rings. The minimum Gasteiger partial charge on any atom is -0.462 e. The van der Waals surface area contributed by atoms with Gasteiger partial charge in [-0.25, -0.2) is 9.78 Å². The molecular weight excluding hydrogens is 364 g/mol. The molecule has 29 heavy (non-hydrogen) atoms. The van der Waals surface area contributed by atoms with Crippen molar-refractivity contribution in [3.63, 3.8) is 0 Å². The Bertz CT molecular complexity index is 930. The molecule has 3 aromatic rings. The van der Waals surface area contributed by atoms with E-state index in [1.54, 1.807) is 30.9 Å². The number of aryl methyl sites for hydroxylation is 1. The molecule has 0 saturated heterocycles. The van der Waals surface area contributed by atoms with E-state index in [9.17, 15) is 9.59 Å². The van der Waals surface area contributed by atoms with Crippen molar-refractivity contribution in [2.45, 2.75) is 26.9 Å². The summed E-state index contributed by atoms with van der Waals surface area (Å²) in [5.41, 5.74) is 3.24. The number of carbonyl (C=O) groups excluding carboxylic acids is 2. The van der Waals surface area contributed by atoms with E-state index in [-0.39, 0.29) is 5.91 Å². The molecular formula is C24H24N2O3. The number of hydrogen-bond acceptors (Lipinski definition) is 4. The molecule has 5 heteroatoms. The lowest BCUT2D eigenvalue weighted by Gasteiger charge is -2.23. The zero-order valence-corrected chi connectivity index (χ0v) is 16.7. The van der Waals surface area contributed by atoms with Crippen LogP contribution in [0.1, 0.15) is 44.6 Å². The average Bonchev–Trinajstić information content (AvgIpc) is 2.74. The summed E-state index contributed by atoms with van der Waals surface area (Å²) in [4.78, 5) is 31.4. The number of carbonyl (C=O) groups is 2. The van der Waals surface area contributed by atoms with E-state index in [2.05, 4.69) is 4.98 Å². The second kappa shape index (κ2) is 9.64. The van der Waals surface area contributed by atoms with E-state index in [4.69, 9.17) is 4.74 Å². The number of esters is 1. The Morgan fingerprint density at radius 3 is 1.90 bits per heavy atom. The van der Waals surface area contributed by atoms with Crippen LogP contribution in [0, 0.1) is 6.92 Å². The van der Waals surface area contributed by atoms with Crippen molar-refractivity contribution < 1.29 is 14.3 Å². The van der Waals surface area contributed by atoms with Crippen molar-refractivity contribution in [3.05, 3.63) is 101 Å². The minimum absolute atomic E-state index is 0.184. The van der Waals surface area contributed by atoms with Crippen molar-refractivity contribution in [1.82, 2.24) is 9.88 Å². The Balaban J connectivity index is 1.87. The van der Waals surface area contributed by atoms with Crippen molar-refractivity contribution in [1.29, 1.82) is 0 Å². The molecule has 1 aromatic heterocycles. The first-order chi connectivity index (χ1) is 14.1. The molecule has 0 N–H and O–H groups in total. The summed E-state index contributed by atoms with van der Waals surface area (Å²) in [6.07, 6.45) is 0. The number of benzene rings is 2. The van der Waals surface area contributed by atoms with Gasteiger partial charge in [0, 0.05) is 13.1 Å². The van der Waals surface area contributed by atoms with E-state index in [0.29, 0.717) is 36.6 Å². The fourth-order valence-corrected chi connectivity index (χ4v) is 3.07. The van der Waals surface area contributed by atoms with E-state index >= 15 is 0 Å². The number of nitrogens with zero attached hydrogens (tertiary/aromatic N) is 2. The molecule has 0 unspecified atom stereocenters. The van der Waals surface area contributed by atoms with Gasteiger partial charge in [0.2, 0.25) is 0 Å². The van der Waals surface area contributed by atoms with Gasteiger partial charge in [-0.05, 0) is 37.1 Å². The number of aromatic nitrogens is 1. The molecule has 148 valence electrons. The molecule has 0 saturated carbocycles. The normalized spacial score (nSPS) is 10.4. The van der Waals surface area contributed by atoms with Gasteiger partial charge < -0.3 is 9.64 Å². The van der Waals surface area contributed by atoms with Crippen molar-refractivity contribution in [3.8, 4) is 0 Å². The molecule has 1 amide bonds. The Morgan fingerprint density at radius 2 is 1.41 bits per heavy atom. The Labute approximate surface area is 171 Å². The van der Waals surface area contributed by atoms with Crippen molar-refractivity contribution in [2.75, 3.05) is 6.61 Å². The number of rotatable bonds is 7. The van der Waals surface area contributed by atoms with Crippen LogP contribution in [0.4, 0.5) is 0 Å². The second-order valence-electron chi connectivity index (χ2n) is 6.68. The number of pyridine rings is 1. The van der Waals surface area contributed by atoms with Crippen LogP contribution >= 0.6 is 0 Å². The van der Waals surface area contributed by atoms with Gasteiger partial charge >= 0.3 is 5.97 Å². The summed E-state index contributed by atoms with van der Waals surface area (Å²) < 4.78 is 5.04. The molecule has 0 aliphatic heterocycles. The predicted octanol–water partition coefficient (Wildman–Crippen LogP) is 4.41. The first kappa shape index (κ1) is 20.3. The fraction of sp³-hybridized carbons (Fsp3) is 0.208. The van der Waals surface area contributed by atoms with Gasteiger partial charge in [-0.1, -0.05) is 60.7 Å². The molecule has 0 aliphatic rings. The van der Waals surface area contributed by atoms with Crippen LogP contribution in [0.15, 0.2) is 72.8 Å². The summed E-state index contributed by atoms with van der Waals surface area (Å²) in [6, 6.07) is 22.9. The van der Waals surface area contributed by atoms with Gasteiger partial charge in [-0.15, -0.1) is 0 Å². The lowest BCUT2D eigenvalue weighted by molar-refractivity contribution is 0.0524. The number of ether oxygens (including phenoxy) is 1. The Hall–Kier alpha value is -3.47. The van der Waals surface area contributed by atoms with Crippen molar-refractivity contribution >= 4 is 11.9 Å². The molecule has 0 atom stereocenters. The summed E-state index contributed by atoms with van der Waals surface area (Å²) >= 11 is 0. The highest BCUT2D eigenvalue weighted by Gasteiger charge is 2.20. The third kappa shape index (κ3) is 5.29. The molecule has 1 heterocycles. The maximum Gasteiger partial charge on any atom is 0.339 e. The van der Waals surface area contributed by atoms with E-state index in [1.165, 1.54) is 0 Å².